The quantitative estimate of drug-likeness (QED) is 0.567. The summed E-state index contributed by atoms with van der Waals surface area (Å²) in [5.74, 6) is 0.682. The molecule has 0 fully saturated rings. The van der Waals surface area contributed by atoms with Crippen molar-refractivity contribution < 1.29 is 18.7 Å². The number of ether oxygens (including phenoxy) is 1. The summed E-state index contributed by atoms with van der Waals surface area (Å²) in [5.41, 5.74) is 3.96. The number of nitrogens with one attached hydrogen (secondary N) is 2. The molecule has 0 spiro atoms. The number of carbonyl (C=O) groups is 2. The van der Waals surface area contributed by atoms with Crippen molar-refractivity contribution >= 4 is 17.5 Å². The first-order chi connectivity index (χ1) is 12.0. The Morgan fingerprint density at radius 2 is 1.92 bits per heavy atom. The summed E-state index contributed by atoms with van der Waals surface area (Å²) in [6.45, 7) is 3.80. The van der Waals surface area contributed by atoms with E-state index < -0.39 is 5.91 Å². The van der Waals surface area contributed by atoms with Crippen molar-refractivity contribution in [1.82, 2.24) is 10.7 Å². The normalized spacial score (nSPS) is 11.0. The second-order valence-electron chi connectivity index (χ2n) is 5.52. The molecule has 2 aromatic rings. The standard InChI is InChI=1S/C18H21N3O4/c1-13-5-7-15(8-6-13)25-12-18(23)21-20-14(2)10-17(22)19-11-16-4-3-9-24-16/h3-9H,10-12H2,1-2H3,(H,19,22)(H,21,23)/b20-14-. The molecule has 0 aliphatic heterocycles. The molecular weight excluding hydrogens is 322 g/mol. The predicted octanol–water partition coefficient (Wildman–Crippen LogP) is 2.17. The van der Waals surface area contributed by atoms with Gasteiger partial charge in [0.1, 0.15) is 11.5 Å². The van der Waals surface area contributed by atoms with Crippen LogP contribution in [0.3, 0.4) is 0 Å². The summed E-state index contributed by atoms with van der Waals surface area (Å²) < 4.78 is 10.5. The van der Waals surface area contributed by atoms with Crippen LogP contribution in [0.4, 0.5) is 0 Å². The Labute approximate surface area is 146 Å². The first kappa shape index (κ1) is 18.3. The van der Waals surface area contributed by atoms with Gasteiger partial charge in [0.05, 0.1) is 19.2 Å². The lowest BCUT2D eigenvalue weighted by molar-refractivity contribution is -0.123. The Balaban J connectivity index is 1.67. The Bertz CT molecular complexity index is 721. The van der Waals surface area contributed by atoms with Gasteiger partial charge >= 0.3 is 0 Å². The van der Waals surface area contributed by atoms with Crippen molar-refractivity contribution in [3.05, 3.63) is 54.0 Å². The van der Waals surface area contributed by atoms with Gasteiger partial charge in [0.25, 0.3) is 5.91 Å². The maximum Gasteiger partial charge on any atom is 0.277 e. The van der Waals surface area contributed by atoms with Gasteiger partial charge < -0.3 is 14.5 Å². The number of hydrazone groups is 1. The second-order valence-corrected chi connectivity index (χ2v) is 5.52. The first-order valence-corrected chi connectivity index (χ1v) is 7.83. The summed E-state index contributed by atoms with van der Waals surface area (Å²) in [4.78, 5) is 23.5. The maximum absolute atomic E-state index is 11.8. The van der Waals surface area contributed by atoms with E-state index in [0.29, 0.717) is 23.8 Å². The molecule has 7 heteroatoms. The number of hydrogen-bond acceptors (Lipinski definition) is 5. The molecular formula is C18H21N3O4. The van der Waals surface area contributed by atoms with E-state index in [1.165, 1.54) is 0 Å². The number of hydrogen-bond donors (Lipinski definition) is 2. The van der Waals surface area contributed by atoms with Gasteiger partial charge in [-0.15, -0.1) is 0 Å². The number of nitrogens with zero attached hydrogens (tertiary/aromatic N) is 1. The molecule has 1 aromatic heterocycles. The summed E-state index contributed by atoms with van der Waals surface area (Å²) in [6.07, 6.45) is 1.63. The topological polar surface area (TPSA) is 92.9 Å². The highest BCUT2D eigenvalue weighted by Gasteiger charge is 2.06. The minimum absolute atomic E-state index is 0.0831. The molecule has 1 aromatic carbocycles. The van der Waals surface area contributed by atoms with E-state index in [1.54, 1.807) is 37.5 Å². The van der Waals surface area contributed by atoms with Crippen molar-refractivity contribution in [2.75, 3.05) is 6.61 Å². The Morgan fingerprint density at radius 1 is 1.16 bits per heavy atom. The molecule has 0 bridgehead atoms. The van der Waals surface area contributed by atoms with E-state index in [1.807, 2.05) is 19.1 Å². The van der Waals surface area contributed by atoms with E-state index in [-0.39, 0.29) is 18.9 Å². The number of amides is 2. The summed E-state index contributed by atoms with van der Waals surface area (Å²) in [7, 11) is 0. The molecule has 0 unspecified atom stereocenters. The third kappa shape index (κ3) is 6.90. The minimum Gasteiger partial charge on any atom is -0.484 e. The lowest BCUT2D eigenvalue weighted by Crippen LogP contribution is -2.28. The Morgan fingerprint density at radius 3 is 2.60 bits per heavy atom. The lowest BCUT2D eigenvalue weighted by Gasteiger charge is -2.06. The number of rotatable bonds is 8. The highest BCUT2D eigenvalue weighted by atomic mass is 16.5. The predicted molar refractivity (Wildman–Crippen MR) is 93.1 cm³/mol. The molecule has 0 atom stereocenters. The van der Waals surface area contributed by atoms with Crippen LogP contribution in [0, 0.1) is 6.92 Å². The van der Waals surface area contributed by atoms with Gasteiger partial charge in [-0.25, -0.2) is 5.43 Å². The van der Waals surface area contributed by atoms with E-state index in [2.05, 4.69) is 15.8 Å². The smallest absolute Gasteiger partial charge is 0.277 e. The summed E-state index contributed by atoms with van der Waals surface area (Å²) >= 11 is 0. The summed E-state index contributed by atoms with van der Waals surface area (Å²) in [5, 5.41) is 6.59. The van der Waals surface area contributed by atoms with Crippen molar-refractivity contribution in [1.29, 1.82) is 0 Å². The fourth-order valence-corrected chi connectivity index (χ4v) is 1.91. The summed E-state index contributed by atoms with van der Waals surface area (Å²) in [6, 6.07) is 10.9. The van der Waals surface area contributed by atoms with Gasteiger partial charge in [-0.2, -0.15) is 5.10 Å². The molecule has 0 saturated carbocycles. The Kier molecular flexibility index (Phi) is 6.76. The van der Waals surface area contributed by atoms with Crippen molar-refractivity contribution in [2.45, 2.75) is 26.8 Å². The molecule has 0 saturated heterocycles. The highest BCUT2D eigenvalue weighted by Crippen LogP contribution is 2.10. The monoisotopic (exact) mass is 343 g/mol. The van der Waals surface area contributed by atoms with E-state index in [0.717, 1.165) is 5.56 Å². The first-order valence-electron chi connectivity index (χ1n) is 7.83. The van der Waals surface area contributed by atoms with Crippen molar-refractivity contribution in [3.63, 3.8) is 0 Å². The number of benzene rings is 1. The van der Waals surface area contributed by atoms with Gasteiger partial charge in [0, 0.05) is 5.71 Å². The fourth-order valence-electron chi connectivity index (χ4n) is 1.91. The van der Waals surface area contributed by atoms with Crippen LogP contribution in [-0.4, -0.2) is 24.1 Å². The van der Waals surface area contributed by atoms with Crippen LogP contribution in [0.15, 0.2) is 52.2 Å². The number of carbonyl (C=O) groups excluding carboxylic acids is 2. The van der Waals surface area contributed by atoms with Crippen LogP contribution < -0.4 is 15.5 Å². The average Bonchev–Trinajstić information content (AvgIpc) is 3.11. The van der Waals surface area contributed by atoms with Crippen LogP contribution in [0.5, 0.6) is 5.75 Å². The molecule has 7 nitrogen and oxygen atoms in total. The highest BCUT2D eigenvalue weighted by molar-refractivity contribution is 6.00. The van der Waals surface area contributed by atoms with Crippen LogP contribution in [0.2, 0.25) is 0 Å². The van der Waals surface area contributed by atoms with Gasteiger partial charge in [-0.05, 0) is 38.1 Å². The molecule has 0 aliphatic rings. The lowest BCUT2D eigenvalue weighted by atomic mass is 10.2. The van der Waals surface area contributed by atoms with E-state index in [9.17, 15) is 9.59 Å². The molecule has 2 N–H and O–H groups in total. The SMILES string of the molecule is C/C(CC(=O)NCc1ccco1)=N/NC(=O)COc1ccc(C)cc1. The molecule has 1 heterocycles. The molecule has 0 aliphatic carbocycles. The molecule has 132 valence electrons. The van der Waals surface area contributed by atoms with Crippen LogP contribution >= 0.6 is 0 Å². The van der Waals surface area contributed by atoms with E-state index >= 15 is 0 Å². The third-order valence-electron chi connectivity index (χ3n) is 3.22. The van der Waals surface area contributed by atoms with Crippen LogP contribution in [0.25, 0.3) is 0 Å². The molecule has 2 amide bonds. The average molecular weight is 343 g/mol. The van der Waals surface area contributed by atoms with Gasteiger partial charge in [0.2, 0.25) is 5.91 Å². The van der Waals surface area contributed by atoms with Crippen molar-refractivity contribution in [2.24, 2.45) is 5.10 Å². The number of furan rings is 1. The number of aryl methyl sites for hydroxylation is 1. The molecule has 0 radical (unpaired) electrons. The third-order valence-corrected chi connectivity index (χ3v) is 3.22. The van der Waals surface area contributed by atoms with Crippen LogP contribution in [-0.2, 0) is 16.1 Å². The maximum atomic E-state index is 11.8. The van der Waals surface area contributed by atoms with E-state index in [4.69, 9.17) is 9.15 Å². The largest absolute Gasteiger partial charge is 0.484 e. The fraction of sp³-hybridized carbons (Fsp3) is 0.278. The van der Waals surface area contributed by atoms with Crippen LogP contribution in [0.1, 0.15) is 24.7 Å². The zero-order valence-corrected chi connectivity index (χ0v) is 14.2. The molecule has 2 rings (SSSR count). The van der Waals surface area contributed by atoms with Gasteiger partial charge in [0.15, 0.2) is 6.61 Å². The molecule has 25 heavy (non-hydrogen) atoms. The Hall–Kier alpha value is -3.09. The van der Waals surface area contributed by atoms with Crippen molar-refractivity contribution in [3.8, 4) is 5.75 Å². The minimum atomic E-state index is -0.393. The zero-order chi connectivity index (χ0) is 18.1. The zero-order valence-electron chi connectivity index (χ0n) is 14.2. The van der Waals surface area contributed by atoms with Gasteiger partial charge in [-0.1, -0.05) is 17.7 Å². The second kappa shape index (κ2) is 9.27. The van der Waals surface area contributed by atoms with Gasteiger partial charge in [-0.3, -0.25) is 9.59 Å².